The van der Waals surface area contributed by atoms with Gasteiger partial charge in [0.25, 0.3) is 0 Å². The fourth-order valence-electron chi connectivity index (χ4n) is 2.46. The molecule has 0 spiro atoms. The Kier molecular flexibility index (Phi) is 3.77. The fraction of sp³-hybridized carbons (Fsp3) is 0.188. The summed E-state index contributed by atoms with van der Waals surface area (Å²) in [5.41, 5.74) is 7.45. The zero-order chi connectivity index (χ0) is 15.6. The van der Waals surface area contributed by atoms with Crippen LogP contribution < -0.4 is 5.73 Å². The number of nitrogens with two attached hydrogens (primary N) is 1. The van der Waals surface area contributed by atoms with Crippen LogP contribution >= 0.6 is 0 Å². The minimum absolute atomic E-state index is 0.00707. The van der Waals surface area contributed by atoms with Crippen LogP contribution in [-0.2, 0) is 9.53 Å². The van der Waals surface area contributed by atoms with E-state index in [1.54, 1.807) is 31.2 Å². The maximum Gasteiger partial charge on any atom is 0.205 e. The van der Waals surface area contributed by atoms with Crippen LogP contribution in [0.1, 0.15) is 30.9 Å². The van der Waals surface area contributed by atoms with E-state index >= 15 is 0 Å². The molecular weight excluding hydrogens is 266 g/mol. The molecule has 0 saturated carbocycles. The quantitative estimate of drug-likeness (QED) is 0.894. The van der Waals surface area contributed by atoms with Gasteiger partial charge in [-0.25, -0.2) is 0 Å². The predicted molar refractivity (Wildman–Crippen MR) is 75.2 cm³/mol. The van der Waals surface area contributed by atoms with Gasteiger partial charge >= 0.3 is 0 Å². The van der Waals surface area contributed by atoms with Gasteiger partial charge in [0.05, 0.1) is 17.6 Å². The molecule has 1 aliphatic rings. The third kappa shape index (κ3) is 2.50. The van der Waals surface area contributed by atoms with Crippen LogP contribution in [0.25, 0.3) is 0 Å². The van der Waals surface area contributed by atoms with Crippen molar-refractivity contribution in [2.24, 2.45) is 5.73 Å². The molecule has 1 aliphatic heterocycles. The maximum absolute atomic E-state index is 11.9. The number of ether oxygens (including phenoxy) is 1. The van der Waals surface area contributed by atoms with E-state index < -0.39 is 5.92 Å². The number of carbonyl (C=O) groups is 1. The Labute approximate surface area is 122 Å². The molecule has 0 bridgehead atoms. The third-order valence-electron chi connectivity index (χ3n) is 3.33. The zero-order valence-electron chi connectivity index (χ0n) is 11.7. The Morgan fingerprint density at radius 1 is 1.33 bits per heavy atom. The predicted octanol–water partition coefficient (Wildman–Crippen LogP) is 2.23. The number of ketones is 1. The van der Waals surface area contributed by atoms with E-state index in [2.05, 4.69) is 0 Å². The molecule has 1 atom stereocenters. The summed E-state index contributed by atoms with van der Waals surface area (Å²) in [6.45, 7) is 3.05. The van der Waals surface area contributed by atoms with Gasteiger partial charge in [0, 0.05) is 5.57 Å². The molecule has 2 rings (SSSR count). The lowest BCUT2D eigenvalue weighted by molar-refractivity contribution is -0.114. The molecule has 1 unspecified atom stereocenters. The smallest absolute Gasteiger partial charge is 0.205 e. The summed E-state index contributed by atoms with van der Waals surface area (Å²) in [6.07, 6.45) is 0. The van der Waals surface area contributed by atoms with E-state index in [1.807, 2.05) is 12.1 Å². The number of Topliss-reactive ketones (excluding diaryl/α,β-unsaturated/α-hetero) is 1. The van der Waals surface area contributed by atoms with Crippen LogP contribution in [-0.4, -0.2) is 5.78 Å². The molecule has 5 nitrogen and oxygen atoms in total. The van der Waals surface area contributed by atoms with Crippen LogP contribution in [0.3, 0.4) is 0 Å². The highest BCUT2D eigenvalue weighted by Crippen LogP contribution is 2.39. The first-order valence-corrected chi connectivity index (χ1v) is 6.29. The van der Waals surface area contributed by atoms with Gasteiger partial charge in [-0.15, -0.1) is 0 Å². The zero-order valence-corrected chi connectivity index (χ0v) is 11.7. The van der Waals surface area contributed by atoms with Crippen molar-refractivity contribution in [3.05, 3.63) is 58.2 Å². The normalized spacial score (nSPS) is 17.8. The fourth-order valence-corrected chi connectivity index (χ4v) is 2.46. The van der Waals surface area contributed by atoms with Crippen LogP contribution in [0.15, 0.2) is 47.1 Å². The van der Waals surface area contributed by atoms with Gasteiger partial charge in [0.15, 0.2) is 5.78 Å². The monoisotopic (exact) mass is 279 g/mol. The summed E-state index contributed by atoms with van der Waals surface area (Å²) < 4.78 is 5.30. The lowest BCUT2D eigenvalue weighted by atomic mass is 9.81. The van der Waals surface area contributed by atoms with Crippen LogP contribution in [0.4, 0.5) is 0 Å². The molecule has 2 N–H and O–H groups in total. The van der Waals surface area contributed by atoms with Crippen molar-refractivity contribution in [3.63, 3.8) is 0 Å². The largest absolute Gasteiger partial charge is 0.445 e. The van der Waals surface area contributed by atoms with Gasteiger partial charge in [0.1, 0.15) is 17.4 Å². The molecule has 0 radical (unpaired) electrons. The topological polar surface area (TPSA) is 99.9 Å². The number of rotatable bonds is 2. The third-order valence-corrected chi connectivity index (χ3v) is 3.33. The molecule has 0 aromatic heterocycles. The number of nitriles is 2. The van der Waals surface area contributed by atoms with E-state index in [4.69, 9.17) is 15.7 Å². The van der Waals surface area contributed by atoms with Crippen molar-refractivity contribution in [1.82, 2.24) is 0 Å². The second kappa shape index (κ2) is 5.52. The standard InChI is InChI=1S/C16H13N3O2/c1-9(20)14-10(2)21-16(19)13(8-18)15(14)12-5-3-4-11(6-12)7-17/h3-6,15H,19H2,1-2H3. The summed E-state index contributed by atoms with van der Waals surface area (Å²) in [7, 11) is 0. The molecule has 1 aromatic rings. The second-order valence-electron chi connectivity index (χ2n) is 4.69. The first-order chi connectivity index (χ1) is 9.99. The summed E-state index contributed by atoms with van der Waals surface area (Å²) in [4.78, 5) is 11.9. The molecule has 0 aliphatic carbocycles. The molecule has 5 heteroatoms. The highest BCUT2D eigenvalue weighted by Gasteiger charge is 2.33. The van der Waals surface area contributed by atoms with Crippen molar-refractivity contribution >= 4 is 5.78 Å². The van der Waals surface area contributed by atoms with Crippen molar-refractivity contribution in [1.29, 1.82) is 10.5 Å². The lowest BCUT2D eigenvalue weighted by Crippen LogP contribution is -2.23. The van der Waals surface area contributed by atoms with Gasteiger partial charge in [-0.1, -0.05) is 12.1 Å². The highest BCUT2D eigenvalue weighted by molar-refractivity contribution is 5.96. The second-order valence-corrected chi connectivity index (χ2v) is 4.69. The Morgan fingerprint density at radius 3 is 2.62 bits per heavy atom. The molecule has 0 saturated heterocycles. The van der Waals surface area contributed by atoms with E-state index in [1.165, 1.54) is 6.92 Å². The number of allylic oxidation sites excluding steroid dienone is 3. The van der Waals surface area contributed by atoms with Gasteiger partial charge in [-0.05, 0) is 31.5 Å². The minimum Gasteiger partial charge on any atom is -0.445 e. The van der Waals surface area contributed by atoms with E-state index in [0.717, 1.165) is 0 Å². The molecule has 1 aromatic carbocycles. The van der Waals surface area contributed by atoms with Crippen molar-refractivity contribution in [3.8, 4) is 12.1 Å². The summed E-state index contributed by atoms with van der Waals surface area (Å²) in [5.74, 6) is -0.423. The van der Waals surface area contributed by atoms with Crippen LogP contribution in [0, 0.1) is 22.7 Å². The molecular formula is C16H13N3O2. The molecule has 0 fully saturated rings. The lowest BCUT2D eigenvalue weighted by Gasteiger charge is -2.26. The number of hydrogen-bond acceptors (Lipinski definition) is 5. The first kappa shape index (κ1) is 14.4. The molecule has 104 valence electrons. The number of hydrogen-bond donors (Lipinski definition) is 1. The maximum atomic E-state index is 11.9. The Hall–Kier alpha value is -3.05. The summed E-state index contributed by atoms with van der Waals surface area (Å²) >= 11 is 0. The highest BCUT2D eigenvalue weighted by atomic mass is 16.5. The van der Waals surface area contributed by atoms with E-state index in [0.29, 0.717) is 22.5 Å². The Balaban J connectivity index is 2.69. The van der Waals surface area contributed by atoms with E-state index in [9.17, 15) is 10.1 Å². The van der Waals surface area contributed by atoms with Crippen molar-refractivity contribution in [2.75, 3.05) is 0 Å². The molecule has 1 heterocycles. The van der Waals surface area contributed by atoms with Crippen molar-refractivity contribution < 1.29 is 9.53 Å². The average molecular weight is 279 g/mol. The van der Waals surface area contributed by atoms with Crippen LogP contribution in [0.2, 0.25) is 0 Å². The Morgan fingerprint density at radius 2 is 2.05 bits per heavy atom. The molecule has 0 amide bonds. The average Bonchev–Trinajstić information content (AvgIpc) is 2.46. The summed E-state index contributed by atoms with van der Waals surface area (Å²) in [5, 5.41) is 18.3. The van der Waals surface area contributed by atoms with Gasteiger partial charge < -0.3 is 10.5 Å². The number of nitrogens with zero attached hydrogens (tertiary/aromatic N) is 2. The first-order valence-electron chi connectivity index (χ1n) is 6.29. The summed E-state index contributed by atoms with van der Waals surface area (Å²) in [6, 6.07) is 10.8. The SMILES string of the molecule is CC(=O)C1=C(C)OC(N)=C(C#N)C1c1cccc(C#N)c1. The van der Waals surface area contributed by atoms with Gasteiger partial charge in [-0.3, -0.25) is 4.79 Å². The van der Waals surface area contributed by atoms with Crippen LogP contribution in [0.5, 0.6) is 0 Å². The number of benzene rings is 1. The Bertz CT molecular complexity index is 760. The van der Waals surface area contributed by atoms with Gasteiger partial charge in [0.2, 0.25) is 5.88 Å². The van der Waals surface area contributed by atoms with E-state index in [-0.39, 0.29) is 17.2 Å². The minimum atomic E-state index is -0.602. The number of carbonyl (C=O) groups excluding carboxylic acids is 1. The van der Waals surface area contributed by atoms with Gasteiger partial charge in [-0.2, -0.15) is 10.5 Å². The molecule has 21 heavy (non-hydrogen) atoms. The van der Waals surface area contributed by atoms with Crippen molar-refractivity contribution in [2.45, 2.75) is 19.8 Å².